The van der Waals surface area contributed by atoms with Crippen molar-refractivity contribution in [1.82, 2.24) is 15.1 Å². The quantitative estimate of drug-likeness (QED) is 0.770. The average molecular weight is 396 g/mol. The third-order valence-electron chi connectivity index (χ3n) is 4.90. The van der Waals surface area contributed by atoms with Crippen LogP contribution in [0.15, 0.2) is 24.3 Å². The number of carbonyl (C=O) groups excluding carboxylic acids is 2. The van der Waals surface area contributed by atoms with E-state index in [-0.39, 0.29) is 17.9 Å². The highest BCUT2D eigenvalue weighted by molar-refractivity contribution is 7.99. The van der Waals surface area contributed by atoms with Crippen molar-refractivity contribution in [3.8, 4) is 0 Å². The third kappa shape index (κ3) is 5.63. The molecule has 1 aliphatic heterocycles. The number of piperazine rings is 1. The Morgan fingerprint density at radius 3 is 2.65 bits per heavy atom. The van der Waals surface area contributed by atoms with Gasteiger partial charge in [-0.25, -0.2) is 0 Å². The maximum absolute atomic E-state index is 12.4. The molecule has 3 rings (SSSR count). The van der Waals surface area contributed by atoms with Crippen molar-refractivity contribution in [1.29, 1.82) is 0 Å². The van der Waals surface area contributed by atoms with Gasteiger partial charge in [0, 0.05) is 43.0 Å². The van der Waals surface area contributed by atoms with Crippen LogP contribution in [0.3, 0.4) is 0 Å². The second kappa shape index (κ2) is 9.11. The van der Waals surface area contributed by atoms with Gasteiger partial charge in [0.25, 0.3) is 0 Å². The predicted octanol–water partition coefficient (Wildman–Crippen LogP) is 2.38. The summed E-state index contributed by atoms with van der Waals surface area (Å²) >= 11 is 7.60. The average Bonchev–Trinajstić information content (AvgIpc) is 3.45. The highest BCUT2D eigenvalue weighted by Crippen LogP contribution is 2.20. The molecule has 2 fully saturated rings. The topological polar surface area (TPSA) is 52.7 Å². The van der Waals surface area contributed by atoms with Crippen LogP contribution in [0.5, 0.6) is 0 Å². The van der Waals surface area contributed by atoms with Gasteiger partial charge in [0.05, 0.1) is 11.8 Å². The van der Waals surface area contributed by atoms with Gasteiger partial charge in [-0.1, -0.05) is 23.7 Å². The summed E-state index contributed by atoms with van der Waals surface area (Å²) < 4.78 is 0. The van der Waals surface area contributed by atoms with Gasteiger partial charge < -0.3 is 10.2 Å². The van der Waals surface area contributed by atoms with E-state index in [1.807, 2.05) is 36.1 Å². The van der Waals surface area contributed by atoms with Crippen molar-refractivity contribution in [2.24, 2.45) is 0 Å². The molecule has 1 unspecified atom stereocenters. The van der Waals surface area contributed by atoms with Crippen LogP contribution in [-0.2, 0) is 15.3 Å². The first kappa shape index (κ1) is 19.5. The lowest BCUT2D eigenvalue weighted by atomic mass is 10.2. The van der Waals surface area contributed by atoms with Crippen LogP contribution in [0, 0.1) is 0 Å². The number of nitrogens with zero attached hydrogens (tertiary/aromatic N) is 2. The largest absolute Gasteiger partial charge is 0.352 e. The molecule has 0 aromatic heterocycles. The van der Waals surface area contributed by atoms with Crippen LogP contribution < -0.4 is 5.32 Å². The van der Waals surface area contributed by atoms with Crippen LogP contribution in [0.1, 0.15) is 25.3 Å². The van der Waals surface area contributed by atoms with Gasteiger partial charge in [-0.15, -0.1) is 11.8 Å². The van der Waals surface area contributed by atoms with Crippen LogP contribution in [0.25, 0.3) is 0 Å². The van der Waals surface area contributed by atoms with Gasteiger partial charge in [0.2, 0.25) is 11.8 Å². The standard InChI is InChI=1S/C19H26ClN3O2S/c1-14(19(25)21-17-5-6-17)22-7-9-23(10-8-22)18(24)13-26-12-15-3-2-4-16(20)11-15/h2-4,11,14,17H,5-10,12-13H2,1H3,(H,21,25). The number of hydrogen-bond donors (Lipinski definition) is 1. The van der Waals surface area contributed by atoms with Crippen molar-refractivity contribution >= 4 is 35.2 Å². The minimum absolute atomic E-state index is 0.115. The summed E-state index contributed by atoms with van der Waals surface area (Å²) in [4.78, 5) is 28.6. The summed E-state index contributed by atoms with van der Waals surface area (Å²) in [5, 5.41) is 3.79. The van der Waals surface area contributed by atoms with Gasteiger partial charge >= 0.3 is 0 Å². The lowest BCUT2D eigenvalue weighted by molar-refractivity contribution is -0.131. The van der Waals surface area contributed by atoms with Gasteiger partial charge in [-0.3, -0.25) is 14.5 Å². The fraction of sp³-hybridized carbons (Fsp3) is 0.579. The molecule has 1 atom stereocenters. The minimum atomic E-state index is -0.120. The summed E-state index contributed by atoms with van der Waals surface area (Å²) in [5.74, 6) is 1.55. The number of thioether (sulfide) groups is 1. The zero-order valence-electron chi connectivity index (χ0n) is 15.1. The van der Waals surface area contributed by atoms with E-state index in [0.29, 0.717) is 24.9 Å². The summed E-state index contributed by atoms with van der Waals surface area (Å²) in [6.45, 7) is 4.85. The normalized spacial score (nSPS) is 19.2. The zero-order chi connectivity index (χ0) is 18.5. The Kier molecular flexibility index (Phi) is 6.84. The SMILES string of the molecule is CC(C(=O)NC1CC1)N1CCN(C(=O)CSCc2cccc(Cl)c2)CC1. The molecule has 26 heavy (non-hydrogen) atoms. The smallest absolute Gasteiger partial charge is 0.237 e. The van der Waals surface area contributed by atoms with E-state index < -0.39 is 0 Å². The molecule has 0 spiro atoms. The van der Waals surface area contributed by atoms with Gasteiger partial charge in [-0.05, 0) is 37.5 Å². The molecule has 1 heterocycles. The molecule has 142 valence electrons. The monoisotopic (exact) mass is 395 g/mol. The molecule has 2 aliphatic rings. The maximum Gasteiger partial charge on any atom is 0.237 e. The van der Waals surface area contributed by atoms with Crippen molar-refractivity contribution in [3.63, 3.8) is 0 Å². The molecule has 1 N–H and O–H groups in total. The highest BCUT2D eigenvalue weighted by atomic mass is 35.5. The molecule has 5 nitrogen and oxygen atoms in total. The third-order valence-corrected chi connectivity index (χ3v) is 6.12. The van der Waals surface area contributed by atoms with E-state index in [9.17, 15) is 9.59 Å². The van der Waals surface area contributed by atoms with Crippen LogP contribution in [0.2, 0.25) is 5.02 Å². The fourth-order valence-electron chi connectivity index (χ4n) is 3.05. The number of benzene rings is 1. The number of hydrogen-bond acceptors (Lipinski definition) is 4. The first-order valence-electron chi connectivity index (χ1n) is 9.17. The van der Waals surface area contributed by atoms with Gasteiger partial charge in [-0.2, -0.15) is 0 Å². The van der Waals surface area contributed by atoms with Crippen molar-refractivity contribution in [2.45, 2.75) is 37.6 Å². The molecule has 0 radical (unpaired) electrons. The Hall–Kier alpha value is -1.24. The van der Waals surface area contributed by atoms with E-state index in [1.54, 1.807) is 11.8 Å². The Morgan fingerprint density at radius 2 is 2.00 bits per heavy atom. The molecule has 7 heteroatoms. The van der Waals surface area contributed by atoms with Crippen molar-refractivity contribution < 1.29 is 9.59 Å². The van der Waals surface area contributed by atoms with Gasteiger partial charge in [0.15, 0.2) is 0 Å². The molecule has 1 saturated heterocycles. The van der Waals surface area contributed by atoms with Crippen LogP contribution >= 0.6 is 23.4 Å². The van der Waals surface area contributed by atoms with Crippen LogP contribution in [-0.4, -0.2) is 65.6 Å². The Morgan fingerprint density at radius 1 is 1.27 bits per heavy atom. The van der Waals surface area contributed by atoms with Crippen LogP contribution in [0.4, 0.5) is 0 Å². The van der Waals surface area contributed by atoms with E-state index in [0.717, 1.165) is 42.3 Å². The summed E-state index contributed by atoms with van der Waals surface area (Å²) in [6, 6.07) is 8.02. The molecule has 1 aliphatic carbocycles. The number of halogens is 1. The first-order chi connectivity index (χ1) is 12.5. The molecule has 1 aromatic carbocycles. The summed E-state index contributed by atoms with van der Waals surface area (Å²) in [5.41, 5.74) is 1.13. The lowest BCUT2D eigenvalue weighted by Gasteiger charge is -2.37. The maximum atomic E-state index is 12.4. The molecular weight excluding hydrogens is 370 g/mol. The number of rotatable bonds is 7. The van der Waals surface area contributed by atoms with Gasteiger partial charge in [0.1, 0.15) is 0 Å². The first-order valence-corrected chi connectivity index (χ1v) is 10.7. The minimum Gasteiger partial charge on any atom is -0.352 e. The molecule has 2 amide bonds. The lowest BCUT2D eigenvalue weighted by Crippen LogP contribution is -2.55. The van der Waals surface area contributed by atoms with E-state index in [1.165, 1.54) is 0 Å². The summed E-state index contributed by atoms with van der Waals surface area (Å²) in [7, 11) is 0. The molecule has 0 bridgehead atoms. The number of amides is 2. The Bertz CT molecular complexity index is 645. The molecule has 1 aromatic rings. The fourth-order valence-corrected chi connectivity index (χ4v) is 4.14. The van der Waals surface area contributed by atoms with E-state index >= 15 is 0 Å². The molecular formula is C19H26ClN3O2S. The highest BCUT2D eigenvalue weighted by Gasteiger charge is 2.30. The van der Waals surface area contributed by atoms with Crippen molar-refractivity contribution in [3.05, 3.63) is 34.9 Å². The second-order valence-corrected chi connectivity index (χ2v) is 8.42. The predicted molar refractivity (Wildman–Crippen MR) is 106 cm³/mol. The number of nitrogens with one attached hydrogen (secondary N) is 1. The summed E-state index contributed by atoms with van der Waals surface area (Å²) in [6.07, 6.45) is 2.21. The van der Waals surface area contributed by atoms with E-state index in [2.05, 4.69) is 10.2 Å². The Balaban J connectivity index is 1.37. The zero-order valence-corrected chi connectivity index (χ0v) is 16.7. The second-order valence-electron chi connectivity index (χ2n) is 7.00. The van der Waals surface area contributed by atoms with Crippen molar-refractivity contribution in [2.75, 3.05) is 31.9 Å². The van der Waals surface area contributed by atoms with E-state index in [4.69, 9.17) is 11.6 Å². The Labute approximate surface area is 164 Å². The molecule has 1 saturated carbocycles. The number of carbonyl (C=O) groups is 2.